The Kier molecular flexibility index (Phi) is 3.21. The van der Waals surface area contributed by atoms with Crippen LogP contribution in [0.2, 0.25) is 0 Å². The Morgan fingerprint density at radius 1 is 1.65 bits per heavy atom. The molecule has 5 nitrogen and oxygen atoms in total. The molecular formula is C10H10N2O3S2. The van der Waals surface area contributed by atoms with Gasteiger partial charge >= 0.3 is 5.97 Å². The van der Waals surface area contributed by atoms with Gasteiger partial charge in [0.1, 0.15) is 4.83 Å². The highest BCUT2D eigenvalue weighted by Gasteiger charge is 2.12. The largest absolute Gasteiger partial charge is 0.481 e. The number of carboxylic acid groups (broad SMARTS) is 1. The van der Waals surface area contributed by atoms with Gasteiger partial charge in [0.25, 0.3) is 5.56 Å². The zero-order chi connectivity index (χ0) is 12.6. The molecule has 0 unspecified atom stereocenters. The maximum Gasteiger partial charge on any atom is 0.313 e. The highest BCUT2D eigenvalue weighted by molar-refractivity contribution is 7.99. The van der Waals surface area contributed by atoms with Crippen molar-refractivity contribution in [3.63, 3.8) is 0 Å². The van der Waals surface area contributed by atoms with E-state index in [1.807, 2.05) is 6.92 Å². The molecule has 0 aliphatic rings. The summed E-state index contributed by atoms with van der Waals surface area (Å²) in [5.74, 6) is -1.03. The second-order valence-electron chi connectivity index (χ2n) is 3.52. The van der Waals surface area contributed by atoms with E-state index in [9.17, 15) is 9.59 Å². The molecule has 0 fully saturated rings. The lowest BCUT2D eigenvalue weighted by atomic mass is 10.4. The molecule has 17 heavy (non-hydrogen) atoms. The van der Waals surface area contributed by atoms with Crippen LogP contribution >= 0.6 is 23.1 Å². The number of rotatable bonds is 3. The average Bonchev–Trinajstić information content (AvgIpc) is 2.62. The fourth-order valence-corrected chi connectivity index (χ4v) is 3.04. The number of thioether (sulfide) groups is 1. The Balaban J connectivity index is 2.53. The Bertz CT molecular complexity index is 645. The van der Waals surface area contributed by atoms with E-state index in [-0.39, 0.29) is 11.3 Å². The molecular weight excluding hydrogens is 260 g/mol. The fourth-order valence-electron chi connectivity index (χ4n) is 1.42. The van der Waals surface area contributed by atoms with Crippen LogP contribution in [0.1, 0.15) is 4.88 Å². The van der Waals surface area contributed by atoms with Crippen LogP contribution in [0.25, 0.3) is 10.2 Å². The molecule has 0 spiro atoms. The molecule has 2 aromatic heterocycles. The van der Waals surface area contributed by atoms with E-state index >= 15 is 0 Å². The van der Waals surface area contributed by atoms with E-state index in [1.54, 1.807) is 13.1 Å². The van der Waals surface area contributed by atoms with E-state index < -0.39 is 5.97 Å². The molecule has 0 aliphatic carbocycles. The summed E-state index contributed by atoms with van der Waals surface area (Å²) in [5, 5.41) is 9.65. The van der Waals surface area contributed by atoms with Gasteiger partial charge in [-0.15, -0.1) is 11.3 Å². The normalized spacial score (nSPS) is 10.9. The molecule has 1 N–H and O–H groups in total. The van der Waals surface area contributed by atoms with Crippen LogP contribution in [-0.4, -0.2) is 26.4 Å². The van der Waals surface area contributed by atoms with Crippen LogP contribution in [0, 0.1) is 6.92 Å². The zero-order valence-corrected chi connectivity index (χ0v) is 10.9. The van der Waals surface area contributed by atoms with Crippen LogP contribution < -0.4 is 5.56 Å². The first-order valence-electron chi connectivity index (χ1n) is 4.81. The molecule has 90 valence electrons. The second-order valence-corrected chi connectivity index (χ2v) is 5.69. The van der Waals surface area contributed by atoms with Gasteiger partial charge in [0, 0.05) is 11.9 Å². The smallest absolute Gasteiger partial charge is 0.313 e. The summed E-state index contributed by atoms with van der Waals surface area (Å²) in [6.45, 7) is 1.91. The minimum absolute atomic E-state index is 0.101. The molecule has 2 heterocycles. The van der Waals surface area contributed by atoms with Gasteiger partial charge in [0.2, 0.25) is 0 Å². The lowest BCUT2D eigenvalue weighted by Crippen LogP contribution is -2.19. The van der Waals surface area contributed by atoms with Crippen molar-refractivity contribution >= 4 is 39.3 Å². The molecule has 0 aliphatic heterocycles. The Morgan fingerprint density at radius 2 is 2.35 bits per heavy atom. The van der Waals surface area contributed by atoms with Crippen LogP contribution in [-0.2, 0) is 11.8 Å². The van der Waals surface area contributed by atoms with Crippen LogP contribution in [0.3, 0.4) is 0 Å². The van der Waals surface area contributed by atoms with Gasteiger partial charge in [-0.1, -0.05) is 11.8 Å². The average molecular weight is 270 g/mol. The minimum atomic E-state index is -0.924. The van der Waals surface area contributed by atoms with Crippen molar-refractivity contribution in [2.24, 2.45) is 7.05 Å². The number of hydrogen-bond donors (Lipinski definition) is 1. The van der Waals surface area contributed by atoms with Crippen molar-refractivity contribution in [1.29, 1.82) is 0 Å². The minimum Gasteiger partial charge on any atom is -0.481 e. The third kappa shape index (κ3) is 2.34. The standard InChI is InChI=1S/C10H10N2O3S2/c1-5-3-6-8(17-5)11-10(12(2)9(6)15)16-4-7(13)14/h3H,4H2,1-2H3,(H,13,14). The zero-order valence-electron chi connectivity index (χ0n) is 9.26. The van der Waals surface area contributed by atoms with E-state index in [0.29, 0.717) is 15.4 Å². The van der Waals surface area contributed by atoms with Crippen LogP contribution in [0.15, 0.2) is 16.0 Å². The number of aromatic nitrogens is 2. The Morgan fingerprint density at radius 3 is 3.00 bits per heavy atom. The van der Waals surface area contributed by atoms with Gasteiger partial charge in [0.05, 0.1) is 11.1 Å². The van der Waals surface area contributed by atoms with Gasteiger partial charge in [-0.25, -0.2) is 4.98 Å². The third-order valence-corrected chi connectivity index (χ3v) is 4.14. The quantitative estimate of drug-likeness (QED) is 0.675. The van der Waals surface area contributed by atoms with Crippen molar-refractivity contribution in [3.05, 3.63) is 21.3 Å². The summed E-state index contributed by atoms with van der Waals surface area (Å²) < 4.78 is 1.39. The number of nitrogens with zero attached hydrogens (tertiary/aromatic N) is 2. The van der Waals surface area contributed by atoms with E-state index in [4.69, 9.17) is 5.11 Å². The number of carboxylic acids is 1. The second kappa shape index (κ2) is 4.50. The highest BCUT2D eigenvalue weighted by Crippen LogP contribution is 2.23. The van der Waals surface area contributed by atoms with Crippen molar-refractivity contribution in [2.45, 2.75) is 12.1 Å². The summed E-state index contributed by atoms with van der Waals surface area (Å²) in [6.07, 6.45) is 0. The first kappa shape index (κ1) is 12.1. The van der Waals surface area contributed by atoms with Crippen molar-refractivity contribution in [1.82, 2.24) is 9.55 Å². The number of aryl methyl sites for hydroxylation is 1. The molecule has 2 rings (SSSR count). The number of aliphatic carboxylic acids is 1. The summed E-state index contributed by atoms with van der Waals surface area (Å²) in [5.41, 5.74) is -0.132. The monoisotopic (exact) mass is 270 g/mol. The van der Waals surface area contributed by atoms with Crippen molar-refractivity contribution < 1.29 is 9.90 Å². The number of thiophene rings is 1. The number of fused-ring (bicyclic) bond motifs is 1. The maximum absolute atomic E-state index is 12.0. The first-order chi connectivity index (χ1) is 7.99. The van der Waals surface area contributed by atoms with Gasteiger partial charge in [-0.3, -0.25) is 14.2 Å². The van der Waals surface area contributed by atoms with Crippen LogP contribution in [0.5, 0.6) is 0 Å². The molecule has 0 saturated heterocycles. The molecule has 0 atom stereocenters. The van der Waals surface area contributed by atoms with Gasteiger partial charge in [-0.2, -0.15) is 0 Å². The first-order valence-corrected chi connectivity index (χ1v) is 6.61. The molecule has 0 saturated carbocycles. The third-order valence-electron chi connectivity index (χ3n) is 2.18. The topological polar surface area (TPSA) is 72.2 Å². The molecule has 0 amide bonds. The summed E-state index contributed by atoms with van der Waals surface area (Å²) in [7, 11) is 1.60. The number of hydrogen-bond acceptors (Lipinski definition) is 5. The van der Waals surface area contributed by atoms with Crippen molar-refractivity contribution in [2.75, 3.05) is 5.75 Å². The molecule has 0 aromatic carbocycles. The summed E-state index contributed by atoms with van der Waals surface area (Å²) >= 11 is 2.49. The van der Waals surface area contributed by atoms with Gasteiger partial charge in [-0.05, 0) is 13.0 Å². The Labute approximate surface area is 105 Å². The van der Waals surface area contributed by atoms with Crippen LogP contribution in [0.4, 0.5) is 0 Å². The van der Waals surface area contributed by atoms with E-state index in [1.165, 1.54) is 15.9 Å². The number of carbonyl (C=O) groups is 1. The van der Waals surface area contributed by atoms with Gasteiger partial charge in [0.15, 0.2) is 5.16 Å². The fraction of sp³-hybridized carbons (Fsp3) is 0.300. The van der Waals surface area contributed by atoms with Gasteiger partial charge < -0.3 is 5.11 Å². The molecule has 0 radical (unpaired) electrons. The lowest BCUT2D eigenvalue weighted by molar-refractivity contribution is -0.133. The molecule has 0 bridgehead atoms. The van der Waals surface area contributed by atoms with E-state index in [2.05, 4.69) is 4.98 Å². The summed E-state index contributed by atoms with van der Waals surface area (Å²) in [4.78, 5) is 28.5. The summed E-state index contributed by atoms with van der Waals surface area (Å²) in [6, 6.07) is 1.81. The molecule has 7 heteroatoms. The molecule has 2 aromatic rings. The Hall–Kier alpha value is -1.34. The van der Waals surface area contributed by atoms with E-state index in [0.717, 1.165) is 16.6 Å². The lowest BCUT2D eigenvalue weighted by Gasteiger charge is -2.04. The predicted octanol–water partition coefficient (Wildman–Crippen LogP) is 1.48. The SMILES string of the molecule is Cc1cc2c(=O)n(C)c(SCC(=O)O)nc2s1. The predicted molar refractivity (Wildman–Crippen MR) is 68.0 cm³/mol. The maximum atomic E-state index is 12.0. The van der Waals surface area contributed by atoms with Crippen molar-refractivity contribution in [3.8, 4) is 0 Å². The highest BCUT2D eigenvalue weighted by atomic mass is 32.2.